The number of carbonyl (C=O) groups is 1. The van der Waals surface area contributed by atoms with Gasteiger partial charge >= 0.3 is 0 Å². The summed E-state index contributed by atoms with van der Waals surface area (Å²) in [4.78, 5) is 12.5. The molecule has 1 aromatic rings. The number of hydrogen-bond donors (Lipinski definition) is 0. The Balaban J connectivity index is 1.91. The normalized spacial score (nSPS) is 31.4. The van der Waals surface area contributed by atoms with Crippen molar-refractivity contribution in [3.05, 3.63) is 35.4 Å². The highest BCUT2D eigenvalue weighted by atomic mass is 16.7. The Bertz CT molecular complexity index is 513. The van der Waals surface area contributed by atoms with E-state index >= 15 is 0 Å². The van der Waals surface area contributed by atoms with Crippen molar-refractivity contribution < 1.29 is 19.0 Å². The molecule has 0 spiro atoms. The summed E-state index contributed by atoms with van der Waals surface area (Å²) in [6, 6.07) is 7.52. The third kappa shape index (κ3) is 1.99. The molecular formula is C16H20O4. The Morgan fingerprint density at radius 1 is 1.40 bits per heavy atom. The zero-order valence-corrected chi connectivity index (χ0v) is 11.9. The van der Waals surface area contributed by atoms with Gasteiger partial charge in [0, 0.05) is 31.3 Å². The van der Waals surface area contributed by atoms with E-state index in [2.05, 4.69) is 6.92 Å². The minimum Gasteiger partial charge on any atom is -0.375 e. The summed E-state index contributed by atoms with van der Waals surface area (Å²) in [5.74, 6) is -0.821. The Hall–Kier alpha value is -1.23. The lowest BCUT2D eigenvalue weighted by Crippen LogP contribution is -2.39. The van der Waals surface area contributed by atoms with Crippen molar-refractivity contribution in [3.8, 4) is 0 Å². The maximum Gasteiger partial charge on any atom is 0.198 e. The smallest absolute Gasteiger partial charge is 0.198 e. The van der Waals surface area contributed by atoms with Crippen molar-refractivity contribution in [3.63, 3.8) is 0 Å². The Morgan fingerprint density at radius 3 is 2.95 bits per heavy atom. The number of unbranched alkanes of at least 4 members (excludes halogenated alkanes) is 1. The van der Waals surface area contributed by atoms with Crippen LogP contribution in [0, 0.1) is 0 Å². The first-order valence-electron chi connectivity index (χ1n) is 7.20. The fourth-order valence-electron chi connectivity index (χ4n) is 3.05. The lowest BCUT2D eigenvalue weighted by molar-refractivity contribution is -0.217. The fourth-order valence-corrected chi connectivity index (χ4v) is 3.05. The molecule has 3 rings (SSSR count). The van der Waals surface area contributed by atoms with Gasteiger partial charge in [-0.15, -0.1) is 0 Å². The maximum absolute atomic E-state index is 12.5. The molecule has 2 aliphatic heterocycles. The third-order valence-corrected chi connectivity index (χ3v) is 4.15. The molecule has 1 fully saturated rings. The van der Waals surface area contributed by atoms with Gasteiger partial charge in [-0.1, -0.05) is 37.6 Å². The van der Waals surface area contributed by atoms with Crippen molar-refractivity contribution in [1.82, 2.24) is 0 Å². The lowest BCUT2D eigenvalue weighted by atomic mass is 9.95. The van der Waals surface area contributed by atoms with E-state index in [1.807, 2.05) is 24.3 Å². The summed E-state index contributed by atoms with van der Waals surface area (Å²) in [6.45, 7) is 2.77. The zero-order valence-electron chi connectivity index (χ0n) is 11.9. The Kier molecular flexibility index (Phi) is 3.63. The molecule has 0 unspecified atom stereocenters. The SMILES string of the molecule is CCCCO[C@H]1C[C@]2(OC)O[C@H]1C(=O)c1ccccc12. The molecule has 2 aliphatic rings. The van der Waals surface area contributed by atoms with Crippen LogP contribution in [-0.2, 0) is 20.0 Å². The van der Waals surface area contributed by atoms with Crippen molar-refractivity contribution >= 4 is 5.78 Å². The molecule has 1 aromatic carbocycles. The van der Waals surface area contributed by atoms with E-state index in [1.165, 1.54) is 0 Å². The van der Waals surface area contributed by atoms with E-state index in [4.69, 9.17) is 14.2 Å². The molecule has 20 heavy (non-hydrogen) atoms. The second-order valence-electron chi connectivity index (χ2n) is 5.37. The van der Waals surface area contributed by atoms with Crippen LogP contribution in [-0.4, -0.2) is 31.7 Å². The molecule has 0 radical (unpaired) electrons. The quantitative estimate of drug-likeness (QED) is 0.776. The van der Waals surface area contributed by atoms with Crippen LogP contribution in [0.3, 0.4) is 0 Å². The third-order valence-electron chi connectivity index (χ3n) is 4.15. The highest BCUT2D eigenvalue weighted by molar-refractivity contribution is 6.02. The Morgan fingerprint density at radius 2 is 2.20 bits per heavy atom. The van der Waals surface area contributed by atoms with Gasteiger partial charge in [0.15, 0.2) is 17.7 Å². The predicted molar refractivity (Wildman–Crippen MR) is 73.6 cm³/mol. The summed E-state index contributed by atoms with van der Waals surface area (Å²) in [7, 11) is 1.62. The molecule has 0 saturated carbocycles. The average Bonchev–Trinajstić information content (AvgIpc) is 2.83. The van der Waals surface area contributed by atoms with Crippen LogP contribution in [0.25, 0.3) is 0 Å². The first kappa shape index (κ1) is 13.7. The molecule has 0 aromatic heterocycles. The van der Waals surface area contributed by atoms with Gasteiger partial charge in [0.2, 0.25) is 0 Å². The number of ether oxygens (including phenoxy) is 3. The van der Waals surface area contributed by atoms with Crippen molar-refractivity contribution in [2.24, 2.45) is 0 Å². The van der Waals surface area contributed by atoms with Gasteiger partial charge in [-0.2, -0.15) is 0 Å². The van der Waals surface area contributed by atoms with Crippen LogP contribution in [0.4, 0.5) is 0 Å². The Labute approximate surface area is 119 Å². The zero-order chi connectivity index (χ0) is 14.2. The minimum atomic E-state index is -0.827. The molecule has 0 N–H and O–H groups in total. The number of Topliss-reactive ketones (excluding diaryl/α,β-unsaturated/α-hetero) is 1. The molecule has 108 valence electrons. The predicted octanol–water partition coefficient (Wildman–Crippen LogP) is 2.66. The molecule has 2 heterocycles. The topological polar surface area (TPSA) is 44.8 Å². The number of rotatable bonds is 5. The van der Waals surface area contributed by atoms with Gasteiger partial charge in [-0.3, -0.25) is 4.79 Å². The van der Waals surface area contributed by atoms with E-state index < -0.39 is 11.9 Å². The number of hydrogen-bond acceptors (Lipinski definition) is 4. The standard InChI is InChI=1S/C16H20O4/c1-3-4-9-19-13-10-16(18-2)12-8-6-5-7-11(12)14(17)15(13)20-16/h5-8,13,15H,3-4,9-10H2,1-2H3/t13-,15+,16-/m0/s1. The van der Waals surface area contributed by atoms with Gasteiger partial charge in [-0.25, -0.2) is 0 Å². The first-order valence-corrected chi connectivity index (χ1v) is 7.20. The van der Waals surface area contributed by atoms with Crippen LogP contribution in [0.2, 0.25) is 0 Å². The lowest BCUT2D eigenvalue weighted by Gasteiger charge is -2.32. The molecular weight excluding hydrogens is 256 g/mol. The van der Waals surface area contributed by atoms with Crippen molar-refractivity contribution in [2.45, 2.75) is 44.2 Å². The van der Waals surface area contributed by atoms with Crippen LogP contribution in [0.1, 0.15) is 42.1 Å². The maximum atomic E-state index is 12.5. The molecule has 2 bridgehead atoms. The molecule has 3 atom stereocenters. The monoisotopic (exact) mass is 276 g/mol. The molecule has 0 aliphatic carbocycles. The van der Waals surface area contributed by atoms with E-state index in [1.54, 1.807) is 7.11 Å². The summed E-state index contributed by atoms with van der Waals surface area (Å²) in [5, 5.41) is 0. The van der Waals surface area contributed by atoms with Gasteiger partial charge in [0.05, 0.1) is 6.10 Å². The number of methoxy groups -OCH3 is 1. The first-order chi connectivity index (χ1) is 9.72. The summed E-state index contributed by atoms with van der Waals surface area (Å²) in [5.41, 5.74) is 1.53. The van der Waals surface area contributed by atoms with Crippen LogP contribution >= 0.6 is 0 Å². The minimum absolute atomic E-state index is 0.00673. The van der Waals surface area contributed by atoms with E-state index in [0.29, 0.717) is 18.6 Å². The van der Waals surface area contributed by atoms with Crippen LogP contribution in [0.5, 0.6) is 0 Å². The molecule has 1 saturated heterocycles. The van der Waals surface area contributed by atoms with Crippen molar-refractivity contribution in [2.75, 3.05) is 13.7 Å². The van der Waals surface area contributed by atoms with Gasteiger partial charge in [-0.05, 0) is 6.42 Å². The van der Waals surface area contributed by atoms with Crippen molar-refractivity contribution in [1.29, 1.82) is 0 Å². The number of carbonyl (C=O) groups excluding carboxylic acids is 1. The molecule has 4 heteroatoms. The summed E-state index contributed by atoms with van der Waals surface area (Å²) < 4.78 is 17.4. The largest absolute Gasteiger partial charge is 0.375 e. The number of ketones is 1. The van der Waals surface area contributed by atoms with E-state index in [0.717, 1.165) is 18.4 Å². The molecule has 4 nitrogen and oxygen atoms in total. The summed E-state index contributed by atoms with van der Waals surface area (Å²) >= 11 is 0. The second-order valence-corrected chi connectivity index (χ2v) is 5.37. The van der Waals surface area contributed by atoms with E-state index in [9.17, 15) is 4.79 Å². The van der Waals surface area contributed by atoms with E-state index in [-0.39, 0.29) is 11.9 Å². The van der Waals surface area contributed by atoms with Gasteiger partial charge in [0.1, 0.15) is 0 Å². The summed E-state index contributed by atoms with van der Waals surface area (Å²) in [6.07, 6.45) is 1.87. The average molecular weight is 276 g/mol. The number of fused-ring (bicyclic) bond motifs is 4. The van der Waals surface area contributed by atoms with Crippen LogP contribution in [0.15, 0.2) is 24.3 Å². The molecule has 0 amide bonds. The van der Waals surface area contributed by atoms with Crippen LogP contribution < -0.4 is 0 Å². The fraction of sp³-hybridized carbons (Fsp3) is 0.562. The van der Waals surface area contributed by atoms with Gasteiger partial charge in [0.25, 0.3) is 0 Å². The highest BCUT2D eigenvalue weighted by Gasteiger charge is 2.56. The number of benzene rings is 1. The highest BCUT2D eigenvalue weighted by Crippen LogP contribution is 2.47. The van der Waals surface area contributed by atoms with Gasteiger partial charge < -0.3 is 14.2 Å². The second kappa shape index (κ2) is 5.28.